The molecule has 0 saturated carbocycles. The molecule has 1 atom stereocenters. The highest BCUT2D eigenvalue weighted by molar-refractivity contribution is 5.71. The number of likely N-dealkylation sites (tertiary alicyclic amines) is 1. The standard InChI is InChI=1S/C21H27N3O2/c1-13-7-9-15-14(12-13)8-10-16-18(15)23-19(22-16)17-6-5-11-24(17)20(25)26-21(2,3)4/h7,9,12,17H,5-6,8,10-11H2,1-4H3,(H,22,23). The van der Waals surface area contributed by atoms with Gasteiger partial charge in [-0.2, -0.15) is 0 Å². The smallest absolute Gasteiger partial charge is 0.410 e. The molecule has 1 amide bonds. The average molecular weight is 353 g/mol. The van der Waals surface area contributed by atoms with Gasteiger partial charge in [0.2, 0.25) is 0 Å². The van der Waals surface area contributed by atoms with E-state index in [1.807, 2.05) is 25.7 Å². The lowest BCUT2D eigenvalue weighted by Gasteiger charge is -2.27. The quantitative estimate of drug-likeness (QED) is 0.818. The van der Waals surface area contributed by atoms with Crippen molar-refractivity contribution in [3.05, 3.63) is 40.8 Å². The van der Waals surface area contributed by atoms with Gasteiger partial charge in [-0.05, 0) is 58.9 Å². The molecule has 1 aliphatic heterocycles. The van der Waals surface area contributed by atoms with E-state index in [0.717, 1.165) is 43.7 Å². The zero-order valence-electron chi connectivity index (χ0n) is 16.1. The first-order valence-electron chi connectivity index (χ1n) is 9.50. The number of nitrogens with zero attached hydrogens (tertiary/aromatic N) is 2. The van der Waals surface area contributed by atoms with E-state index in [9.17, 15) is 4.79 Å². The lowest BCUT2D eigenvalue weighted by atomic mass is 9.91. The summed E-state index contributed by atoms with van der Waals surface area (Å²) in [6.07, 6.45) is 3.66. The summed E-state index contributed by atoms with van der Waals surface area (Å²) in [5.41, 5.74) is 5.63. The molecule has 2 aromatic rings. The maximum atomic E-state index is 12.6. The summed E-state index contributed by atoms with van der Waals surface area (Å²) in [6, 6.07) is 6.55. The van der Waals surface area contributed by atoms with Gasteiger partial charge in [-0.15, -0.1) is 0 Å². The largest absolute Gasteiger partial charge is 0.444 e. The summed E-state index contributed by atoms with van der Waals surface area (Å²) in [5.74, 6) is 0.895. The van der Waals surface area contributed by atoms with Gasteiger partial charge >= 0.3 is 6.09 Å². The molecule has 1 unspecified atom stereocenters. The molecule has 5 nitrogen and oxygen atoms in total. The summed E-state index contributed by atoms with van der Waals surface area (Å²) in [5, 5.41) is 0. The number of aromatic amines is 1. The van der Waals surface area contributed by atoms with Gasteiger partial charge in [0.15, 0.2) is 0 Å². The van der Waals surface area contributed by atoms with Gasteiger partial charge in [-0.25, -0.2) is 9.78 Å². The molecule has 0 bridgehead atoms. The average Bonchev–Trinajstić information content (AvgIpc) is 3.19. The Morgan fingerprint density at radius 3 is 2.88 bits per heavy atom. The Balaban J connectivity index is 1.63. The molecule has 5 heteroatoms. The van der Waals surface area contributed by atoms with Crippen molar-refractivity contribution >= 4 is 6.09 Å². The summed E-state index contributed by atoms with van der Waals surface area (Å²) < 4.78 is 5.59. The van der Waals surface area contributed by atoms with Crippen LogP contribution in [0.2, 0.25) is 0 Å². The first-order valence-corrected chi connectivity index (χ1v) is 9.50. The van der Waals surface area contributed by atoms with E-state index in [-0.39, 0.29) is 12.1 Å². The maximum Gasteiger partial charge on any atom is 0.410 e. The second-order valence-corrected chi connectivity index (χ2v) is 8.44. The van der Waals surface area contributed by atoms with E-state index in [4.69, 9.17) is 9.72 Å². The molecule has 0 radical (unpaired) electrons. The van der Waals surface area contributed by atoms with Crippen LogP contribution < -0.4 is 0 Å². The number of aromatic nitrogens is 2. The number of aryl methyl sites for hydroxylation is 3. The number of carbonyl (C=O) groups excluding carboxylic acids is 1. The highest BCUT2D eigenvalue weighted by atomic mass is 16.6. The van der Waals surface area contributed by atoms with E-state index in [0.29, 0.717) is 0 Å². The Morgan fingerprint density at radius 1 is 1.31 bits per heavy atom. The third-order valence-corrected chi connectivity index (χ3v) is 5.15. The molecule has 1 saturated heterocycles. The van der Waals surface area contributed by atoms with Crippen molar-refractivity contribution in [2.45, 2.75) is 65.0 Å². The summed E-state index contributed by atoms with van der Waals surface area (Å²) in [7, 11) is 0. The number of rotatable bonds is 1. The first-order chi connectivity index (χ1) is 12.3. The van der Waals surface area contributed by atoms with Gasteiger partial charge in [-0.1, -0.05) is 23.8 Å². The van der Waals surface area contributed by atoms with Crippen LogP contribution in [0.15, 0.2) is 18.2 Å². The summed E-state index contributed by atoms with van der Waals surface area (Å²) in [6.45, 7) is 8.56. The van der Waals surface area contributed by atoms with Crippen LogP contribution in [-0.4, -0.2) is 33.1 Å². The zero-order chi connectivity index (χ0) is 18.5. The fourth-order valence-electron chi connectivity index (χ4n) is 4.00. The predicted octanol–water partition coefficient (Wildman–Crippen LogP) is 4.56. The molecule has 138 valence electrons. The van der Waals surface area contributed by atoms with Crippen molar-refractivity contribution in [1.82, 2.24) is 14.9 Å². The van der Waals surface area contributed by atoms with Crippen LogP contribution in [0.1, 0.15) is 62.3 Å². The van der Waals surface area contributed by atoms with Gasteiger partial charge < -0.3 is 9.72 Å². The van der Waals surface area contributed by atoms with Crippen LogP contribution in [0.5, 0.6) is 0 Å². The van der Waals surface area contributed by atoms with Gasteiger partial charge in [0.1, 0.15) is 11.4 Å². The highest BCUT2D eigenvalue weighted by Gasteiger charge is 2.36. The van der Waals surface area contributed by atoms with Crippen molar-refractivity contribution in [3.8, 4) is 11.3 Å². The van der Waals surface area contributed by atoms with Crippen LogP contribution in [0, 0.1) is 6.92 Å². The highest BCUT2D eigenvalue weighted by Crippen LogP contribution is 2.37. The molecule has 1 aliphatic carbocycles. The van der Waals surface area contributed by atoms with Gasteiger partial charge in [0.25, 0.3) is 0 Å². The zero-order valence-corrected chi connectivity index (χ0v) is 16.1. The minimum atomic E-state index is -0.483. The molecule has 1 N–H and O–H groups in total. The van der Waals surface area contributed by atoms with Gasteiger partial charge in [0, 0.05) is 17.8 Å². The van der Waals surface area contributed by atoms with Crippen LogP contribution in [-0.2, 0) is 17.6 Å². The number of H-pyrrole nitrogens is 1. The molecule has 1 fully saturated rings. The molecule has 1 aromatic carbocycles. The normalized spacial score (nSPS) is 19.2. The number of imidazole rings is 1. The SMILES string of the molecule is Cc1ccc2c(c1)CCc1[nH]c(C3CCCN3C(=O)OC(C)(C)C)nc1-2. The topological polar surface area (TPSA) is 58.2 Å². The minimum absolute atomic E-state index is 0.0238. The number of carbonyl (C=O) groups is 1. The monoisotopic (exact) mass is 353 g/mol. The van der Waals surface area contributed by atoms with Gasteiger partial charge in [-0.3, -0.25) is 4.90 Å². The van der Waals surface area contributed by atoms with E-state index in [1.165, 1.54) is 22.4 Å². The second-order valence-electron chi connectivity index (χ2n) is 8.44. The number of amides is 1. The maximum absolute atomic E-state index is 12.6. The van der Waals surface area contributed by atoms with Crippen LogP contribution in [0.4, 0.5) is 4.79 Å². The molecule has 2 aliphatic rings. The number of hydrogen-bond donors (Lipinski definition) is 1. The molecule has 2 heterocycles. The van der Waals surface area contributed by atoms with E-state index in [1.54, 1.807) is 0 Å². The third-order valence-electron chi connectivity index (χ3n) is 5.15. The van der Waals surface area contributed by atoms with Crippen LogP contribution >= 0.6 is 0 Å². The fourth-order valence-corrected chi connectivity index (χ4v) is 4.00. The fraction of sp³-hybridized carbons (Fsp3) is 0.524. The number of nitrogens with one attached hydrogen (secondary N) is 1. The molecule has 0 spiro atoms. The van der Waals surface area contributed by atoms with Gasteiger partial charge in [0.05, 0.1) is 11.7 Å². The Labute approximate surface area is 154 Å². The Morgan fingerprint density at radius 2 is 2.12 bits per heavy atom. The first kappa shape index (κ1) is 17.1. The Hall–Kier alpha value is -2.30. The van der Waals surface area contributed by atoms with Crippen molar-refractivity contribution in [3.63, 3.8) is 0 Å². The lowest BCUT2D eigenvalue weighted by Crippen LogP contribution is -2.36. The molecular weight excluding hydrogens is 326 g/mol. The van der Waals surface area contributed by atoms with E-state index < -0.39 is 5.60 Å². The van der Waals surface area contributed by atoms with Crippen molar-refractivity contribution in [1.29, 1.82) is 0 Å². The van der Waals surface area contributed by atoms with Crippen molar-refractivity contribution in [2.24, 2.45) is 0 Å². The molecular formula is C21H27N3O2. The third kappa shape index (κ3) is 3.11. The summed E-state index contributed by atoms with van der Waals surface area (Å²) in [4.78, 5) is 22.9. The predicted molar refractivity (Wildman–Crippen MR) is 101 cm³/mol. The van der Waals surface area contributed by atoms with E-state index >= 15 is 0 Å². The van der Waals surface area contributed by atoms with Crippen molar-refractivity contribution < 1.29 is 9.53 Å². The number of fused-ring (bicyclic) bond motifs is 3. The number of benzene rings is 1. The van der Waals surface area contributed by atoms with Crippen LogP contribution in [0.3, 0.4) is 0 Å². The van der Waals surface area contributed by atoms with Crippen LogP contribution in [0.25, 0.3) is 11.3 Å². The molecule has 1 aromatic heterocycles. The van der Waals surface area contributed by atoms with E-state index in [2.05, 4.69) is 30.1 Å². The molecule has 4 rings (SSSR count). The summed E-state index contributed by atoms with van der Waals surface area (Å²) >= 11 is 0. The number of ether oxygens (including phenoxy) is 1. The minimum Gasteiger partial charge on any atom is -0.444 e. The number of hydrogen-bond acceptors (Lipinski definition) is 3. The molecule has 26 heavy (non-hydrogen) atoms. The lowest BCUT2D eigenvalue weighted by molar-refractivity contribution is 0.0218. The Kier molecular flexibility index (Phi) is 4.05. The second kappa shape index (κ2) is 6.15. The van der Waals surface area contributed by atoms with Crippen molar-refractivity contribution in [2.75, 3.05) is 6.54 Å². The Bertz CT molecular complexity index is 847.